The van der Waals surface area contributed by atoms with Crippen molar-refractivity contribution in [1.29, 1.82) is 0 Å². The molecular formula is C28H30O7S. The summed E-state index contributed by atoms with van der Waals surface area (Å²) in [6.45, 7) is 4.37. The molecule has 3 aromatic carbocycles. The van der Waals surface area contributed by atoms with Gasteiger partial charge in [0.15, 0.2) is 5.78 Å². The number of aromatic hydroxyl groups is 1. The van der Waals surface area contributed by atoms with Crippen molar-refractivity contribution in [3.63, 3.8) is 0 Å². The number of ketones is 1. The van der Waals surface area contributed by atoms with E-state index in [4.69, 9.17) is 14.6 Å². The van der Waals surface area contributed by atoms with Gasteiger partial charge in [-0.25, -0.2) is 9.00 Å². The summed E-state index contributed by atoms with van der Waals surface area (Å²) in [5, 5.41) is 19.4. The molecule has 0 fully saturated rings. The van der Waals surface area contributed by atoms with Crippen LogP contribution in [0.1, 0.15) is 59.4 Å². The number of carbonyl (C=O) groups is 2. The molecule has 0 bridgehead atoms. The summed E-state index contributed by atoms with van der Waals surface area (Å²) in [7, 11) is -1.42. The molecule has 0 aliphatic carbocycles. The van der Waals surface area contributed by atoms with Gasteiger partial charge in [0.25, 0.3) is 0 Å². The van der Waals surface area contributed by atoms with E-state index in [1.54, 1.807) is 48.5 Å². The average Bonchev–Trinajstić information content (AvgIpc) is 2.87. The number of phenolic OH excluding ortho intramolecular Hbond substituents is 1. The molecule has 0 amide bonds. The molecule has 190 valence electrons. The minimum absolute atomic E-state index is 0.00633. The highest BCUT2D eigenvalue weighted by Crippen LogP contribution is 2.33. The summed E-state index contributed by atoms with van der Waals surface area (Å²) in [5.74, 6) is 0.0626. The van der Waals surface area contributed by atoms with E-state index in [9.17, 15) is 18.9 Å². The first-order valence-electron chi connectivity index (χ1n) is 11.8. The number of hydrogen-bond donors (Lipinski definition) is 2. The number of Topliss-reactive ketones (excluding diaryl/α,β-unsaturated/α-hetero) is 1. The molecule has 8 heteroatoms. The van der Waals surface area contributed by atoms with Crippen molar-refractivity contribution < 1.29 is 33.5 Å². The summed E-state index contributed by atoms with van der Waals surface area (Å²) in [5.41, 5.74) is 1.12. The largest absolute Gasteiger partial charge is 0.507 e. The first-order chi connectivity index (χ1) is 17.3. The molecule has 0 aliphatic heterocycles. The van der Waals surface area contributed by atoms with Crippen molar-refractivity contribution >= 4 is 22.6 Å². The number of phenols is 1. The van der Waals surface area contributed by atoms with E-state index in [0.717, 1.165) is 19.3 Å². The standard InChI is InChI=1S/C28H30O7S/c1-3-6-25-26(16-15-24(19(2)29)27(25)30)35-18-5-4-17-34-21-9-13-23(14-10-21)36(33)22-11-7-20(8-12-22)28(31)32/h7-16,30H,3-6,17-18H2,1-2H3,(H,31,32)/t36-/m0/s1. The zero-order valence-corrected chi connectivity index (χ0v) is 21.2. The Hall–Kier alpha value is -3.65. The second kappa shape index (κ2) is 12.9. The zero-order valence-electron chi connectivity index (χ0n) is 20.4. The average molecular weight is 511 g/mol. The molecule has 0 heterocycles. The zero-order chi connectivity index (χ0) is 26.1. The van der Waals surface area contributed by atoms with Crippen LogP contribution < -0.4 is 9.47 Å². The summed E-state index contributed by atoms with van der Waals surface area (Å²) in [6.07, 6.45) is 2.95. The van der Waals surface area contributed by atoms with Crippen LogP contribution in [0.5, 0.6) is 17.2 Å². The molecule has 3 aromatic rings. The number of ether oxygens (including phenoxy) is 2. The molecular weight excluding hydrogens is 480 g/mol. The molecule has 0 aliphatic rings. The van der Waals surface area contributed by atoms with Crippen LogP contribution >= 0.6 is 0 Å². The predicted molar refractivity (Wildman–Crippen MR) is 137 cm³/mol. The molecule has 0 spiro atoms. The third-order valence-electron chi connectivity index (χ3n) is 5.54. The van der Waals surface area contributed by atoms with E-state index < -0.39 is 16.8 Å². The normalized spacial score (nSPS) is 11.6. The summed E-state index contributed by atoms with van der Waals surface area (Å²) < 4.78 is 24.3. The Kier molecular flexibility index (Phi) is 9.64. The highest BCUT2D eigenvalue weighted by molar-refractivity contribution is 7.85. The van der Waals surface area contributed by atoms with Gasteiger partial charge in [0.1, 0.15) is 17.2 Å². The van der Waals surface area contributed by atoms with Crippen LogP contribution in [0.3, 0.4) is 0 Å². The van der Waals surface area contributed by atoms with E-state index in [0.29, 0.717) is 52.1 Å². The third-order valence-corrected chi connectivity index (χ3v) is 6.94. The van der Waals surface area contributed by atoms with Crippen LogP contribution in [-0.4, -0.2) is 39.4 Å². The topological polar surface area (TPSA) is 110 Å². The maximum absolute atomic E-state index is 12.7. The Labute approximate surface area is 213 Å². The van der Waals surface area contributed by atoms with Gasteiger partial charge in [0, 0.05) is 15.4 Å². The van der Waals surface area contributed by atoms with Gasteiger partial charge < -0.3 is 19.7 Å². The smallest absolute Gasteiger partial charge is 0.335 e. The summed E-state index contributed by atoms with van der Waals surface area (Å²) in [6, 6.07) is 16.3. The lowest BCUT2D eigenvalue weighted by molar-refractivity contribution is 0.0696. The van der Waals surface area contributed by atoms with Crippen LogP contribution in [0.15, 0.2) is 70.5 Å². The van der Waals surface area contributed by atoms with Crippen LogP contribution in [0, 0.1) is 0 Å². The lowest BCUT2D eigenvalue weighted by atomic mass is 10.0. The van der Waals surface area contributed by atoms with E-state index >= 15 is 0 Å². The van der Waals surface area contributed by atoms with Crippen molar-refractivity contribution in [2.24, 2.45) is 0 Å². The minimum Gasteiger partial charge on any atom is -0.507 e. The lowest BCUT2D eigenvalue weighted by Gasteiger charge is -2.14. The first kappa shape index (κ1) is 26.9. The Morgan fingerprint density at radius 1 is 0.861 bits per heavy atom. The number of unbranched alkanes of at least 4 members (excludes halogenated alkanes) is 1. The fourth-order valence-electron chi connectivity index (χ4n) is 3.62. The van der Waals surface area contributed by atoms with Crippen LogP contribution in [0.4, 0.5) is 0 Å². The maximum atomic E-state index is 12.7. The number of hydrogen-bond acceptors (Lipinski definition) is 6. The molecule has 7 nitrogen and oxygen atoms in total. The van der Waals surface area contributed by atoms with Crippen molar-refractivity contribution in [2.75, 3.05) is 13.2 Å². The summed E-state index contributed by atoms with van der Waals surface area (Å²) in [4.78, 5) is 23.8. The lowest BCUT2D eigenvalue weighted by Crippen LogP contribution is -2.05. The van der Waals surface area contributed by atoms with Crippen molar-refractivity contribution in [3.8, 4) is 17.2 Å². The maximum Gasteiger partial charge on any atom is 0.335 e. The number of benzene rings is 3. The number of rotatable bonds is 13. The van der Waals surface area contributed by atoms with Crippen molar-refractivity contribution in [2.45, 2.75) is 49.3 Å². The second-order valence-electron chi connectivity index (χ2n) is 8.22. The van der Waals surface area contributed by atoms with Crippen LogP contribution in [0.2, 0.25) is 0 Å². The van der Waals surface area contributed by atoms with E-state index in [1.165, 1.54) is 19.1 Å². The quantitative estimate of drug-likeness (QED) is 0.226. The van der Waals surface area contributed by atoms with Gasteiger partial charge in [-0.3, -0.25) is 4.79 Å². The second-order valence-corrected chi connectivity index (χ2v) is 9.70. The number of carboxylic acid groups (broad SMARTS) is 1. The Balaban J connectivity index is 1.45. The SMILES string of the molecule is CCCc1c(OCCCCOc2ccc([S@@](=O)c3ccc(C(=O)O)cc3)cc2)ccc(C(C)=O)c1O. The van der Waals surface area contributed by atoms with Crippen LogP contribution in [0.25, 0.3) is 0 Å². The van der Waals surface area contributed by atoms with E-state index in [1.807, 2.05) is 6.92 Å². The van der Waals surface area contributed by atoms with Gasteiger partial charge in [0.2, 0.25) is 0 Å². The Bertz CT molecular complexity index is 1220. The van der Waals surface area contributed by atoms with Gasteiger partial charge in [-0.05, 0) is 86.8 Å². The van der Waals surface area contributed by atoms with Gasteiger partial charge >= 0.3 is 5.97 Å². The highest BCUT2D eigenvalue weighted by atomic mass is 32.2. The minimum atomic E-state index is -1.42. The molecule has 0 radical (unpaired) electrons. The molecule has 0 unspecified atom stereocenters. The van der Waals surface area contributed by atoms with E-state index in [-0.39, 0.29) is 17.1 Å². The Morgan fingerprint density at radius 3 is 2.00 bits per heavy atom. The molecule has 2 N–H and O–H groups in total. The van der Waals surface area contributed by atoms with Crippen LogP contribution in [-0.2, 0) is 17.2 Å². The van der Waals surface area contributed by atoms with Gasteiger partial charge in [-0.2, -0.15) is 0 Å². The molecule has 3 rings (SSSR count). The third kappa shape index (κ3) is 6.95. The molecule has 1 atom stereocenters. The fourth-order valence-corrected chi connectivity index (χ4v) is 4.66. The fraction of sp³-hybridized carbons (Fsp3) is 0.286. The monoisotopic (exact) mass is 510 g/mol. The van der Waals surface area contributed by atoms with Gasteiger partial charge in [0.05, 0.1) is 35.1 Å². The Morgan fingerprint density at radius 2 is 1.44 bits per heavy atom. The number of carboxylic acids is 1. The highest BCUT2D eigenvalue weighted by Gasteiger charge is 2.16. The molecule has 0 aromatic heterocycles. The number of carbonyl (C=O) groups excluding carboxylic acids is 1. The van der Waals surface area contributed by atoms with Crippen molar-refractivity contribution in [3.05, 3.63) is 77.4 Å². The predicted octanol–water partition coefficient (Wildman–Crippen LogP) is 5.65. The van der Waals surface area contributed by atoms with Gasteiger partial charge in [-0.1, -0.05) is 13.3 Å². The first-order valence-corrected chi connectivity index (χ1v) is 12.9. The number of aromatic carboxylic acids is 1. The van der Waals surface area contributed by atoms with E-state index in [2.05, 4.69) is 0 Å². The molecule has 0 saturated heterocycles. The van der Waals surface area contributed by atoms with Crippen molar-refractivity contribution in [1.82, 2.24) is 0 Å². The van der Waals surface area contributed by atoms with Gasteiger partial charge in [-0.15, -0.1) is 0 Å². The molecule has 36 heavy (non-hydrogen) atoms. The summed E-state index contributed by atoms with van der Waals surface area (Å²) >= 11 is 0. The molecule has 0 saturated carbocycles.